The molecule has 0 fully saturated rings. The van der Waals surface area contributed by atoms with Gasteiger partial charge < -0.3 is 9.84 Å². The average Bonchev–Trinajstić information content (AvgIpc) is 2.43. The van der Waals surface area contributed by atoms with Crippen LogP contribution in [-0.2, 0) is 6.42 Å². The van der Waals surface area contributed by atoms with E-state index in [0.29, 0.717) is 18.8 Å². The molecule has 1 amide bonds. The van der Waals surface area contributed by atoms with Gasteiger partial charge in [-0.25, -0.2) is 4.79 Å². The van der Waals surface area contributed by atoms with E-state index >= 15 is 0 Å². The van der Waals surface area contributed by atoms with Gasteiger partial charge in [-0.1, -0.05) is 24.8 Å². The normalized spacial score (nSPS) is 12.1. The van der Waals surface area contributed by atoms with E-state index in [4.69, 9.17) is 4.74 Å². The lowest BCUT2D eigenvalue weighted by atomic mass is 9.99. The molecule has 1 N–H and O–H groups in total. The molecule has 0 saturated carbocycles. The standard InChI is InChI=1S/C17H22N2O3/c1-5-10-22-15-8-6-13(7-9-15)11-14(12-18)19(16(20)21)17(2,3)4/h5-9,14H,1,10-11H2,2-4H3,(H,20,21). The van der Waals surface area contributed by atoms with Crippen LogP contribution >= 0.6 is 0 Å². The van der Waals surface area contributed by atoms with Crippen molar-refractivity contribution in [2.24, 2.45) is 0 Å². The zero-order chi connectivity index (χ0) is 16.8. The van der Waals surface area contributed by atoms with E-state index in [1.807, 2.05) is 12.1 Å². The van der Waals surface area contributed by atoms with Crippen molar-refractivity contribution in [3.8, 4) is 11.8 Å². The Balaban J connectivity index is 2.87. The quantitative estimate of drug-likeness (QED) is 0.817. The highest BCUT2D eigenvalue weighted by Crippen LogP contribution is 2.21. The Kier molecular flexibility index (Phi) is 6.00. The summed E-state index contributed by atoms with van der Waals surface area (Å²) >= 11 is 0. The molecule has 0 aliphatic rings. The first-order chi connectivity index (χ1) is 10.3. The summed E-state index contributed by atoms with van der Waals surface area (Å²) in [5.41, 5.74) is 0.243. The predicted molar refractivity (Wildman–Crippen MR) is 84.9 cm³/mol. The highest BCUT2D eigenvalue weighted by molar-refractivity contribution is 5.67. The van der Waals surface area contributed by atoms with E-state index in [-0.39, 0.29) is 0 Å². The van der Waals surface area contributed by atoms with Crippen molar-refractivity contribution in [2.75, 3.05) is 6.61 Å². The first kappa shape index (κ1) is 17.6. The summed E-state index contributed by atoms with van der Waals surface area (Å²) in [5.74, 6) is 0.711. The molecular formula is C17H22N2O3. The Morgan fingerprint density at radius 2 is 2.05 bits per heavy atom. The van der Waals surface area contributed by atoms with Crippen LogP contribution in [0.3, 0.4) is 0 Å². The largest absolute Gasteiger partial charge is 0.490 e. The van der Waals surface area contributed by atoms with E-state index in [1.165, 1.54) is 4.90 Å². The number of carbonyl (C=O) groups is 1. The molecule has 1 unspecified atom stereocenters. The third-order valence-electron chi connectivity index (χ3n) is 3.11. The minimum absolute atomic E-state index is 0.335. The molecular weight excluding hydrogens is 280 g/mol. The summed E-state index contributed by atoms with van der Waals surface area (Å²) in [4.78, 5) is 12.6. The molecule has 0 spiro atoms. The van der Waals surface area contributed by atoms with E-state index in [1.54, 1.807) is 39.0 Å². The van der Waals surface area contributed by atoms with E-state index < -0.39 is 17.7 Å². The van der Waals surface area contributed by atoms with Crippen LogP contribution in [0, 0.1) is 11.3 Å². The average molecular weight is 302 g/mol. The second-order valence-electron chi connectivity index (χ2n) is 5.92. The molecule has 5 nitrogen and oxygen atoms in total. The number of nitriles is 1. The van der Waals surface area contributed by atoms with Gasteiger partial charge >= 0.3 is 6.09 Å². The Labute approximate surface area is 131 Å². The van der Waals surface area contributed by atoms with Crippen LogP contribution in [-0.4, -0.2) is 34.3 Å². The highest BCUT2D eigenvalue weighted by atomic mass is 16.5. The fourth-order valence-electron chi connectivity index (χ4n) is 2.18. The molecule has 0 aliphatic carbocycles. The second-order valence-corrected chi connectivity index (χ2v) is 5.92. The molecule has 5 heteroatoms. The maximum absolute atomic E-state index is 11.5. The number of ether oxygens (including phenoxy) is 1. The minimum atomic E-state index is -1.09. The topological polar surface area (TPSA) is 73.6 Å². The Morgan fingerprint density at radius 3 is 2.45 bits per heavy atom. The number of hydrogen-bond acceptors (Lipinski definition) is 3. The van der Waals surface area contributed by atoms with E-state index in [2.05, 4.69) is 12.6 Å². The van der Waals surface area contributed by atoms with E-state index in [0.717, 1.165) is 5.56 Å². The number of nitrogens with zero attached hydrogens (tertiary/aromatic N) is 2. The summed E-state index contributed by atoms with van der Waals surface area (Å²) in [5, 5.41) is 18.7. The van der Waals surface area contributed by atoms with Crippen molar-refractivity contribution in [1.29, 1.82) is 5.26 Å². The number of hydrogen-bond donors (Lipinski definition) is 1. The first-order valence-corrected chi connectivity index (χ1v) is 7.04. The zero-order valence-electron chi connectivity index (χ0n) is 13.2. The lowest BCUT2D eigenvalue weighted by Gasteiger charge is -2.36. The van der Waals surface area contributed by atoms with Crippen molar-refractivity contribution < 1.29 is 14.6 Å². The van der Waals surface area contributed by atoms with Crippen LogP contribution in [0.4, 0.5) is 4.79 Å². The highest BCUT2D eigenvalue weighted by Gasteiger charge is 2.33. The lowest BCUT2D eigenvalue weighted by Crippen LogP contribution is -2.51. The summed E-state index contributed by atoms with van der Waals surface area (Å²) in [6.45, 7) is 9.33. The van der Waals surface area contributed by atoms with Crippen LogP contribution in [0.5, 0.6) is 5.75 Å². The van der Waals surface area contributed by atoms with Gasteiger partial charge in [0.1, 0.15) is 18.4 Å². The monoisotopic (exact) mass is 302 g/mol. The minimum Gasteiger partial charge on any atom is -0.490 e. The number of benzene rings is 1. The Bertz CT molecular complexity index is 553. The summed E-state index contributed by atoms with van der Waals surface area (Å²) in [6, 6.07) is 8.63. The maximum atomic E-state index is 11.5. The van der Waals surface area contributed by atoms with Crippen LogP contribution in [0.15, 0.2) is 36.9 Å². The number of rotatable bonds is 6. The van der Waals surface area contributed by atoms with Crippen LogP contribution in [0.2, 0.25) is 0 Å². The molecule has 0 bridgehead atoms. The summed E-state index contributed by atoms with van der Waals surface area (Å²) in [6.07, 6.45) is 0.903. The Morgan fingerprint density at radius 1 is 1.45 bits per heavy atom. The predicted octanol–water partition coefficient (Wildman–Crippen LogP) is 3.46. The van der Waals surface area contributed by atoms with Gasteiger partial charge in [-0.2, -0.15) is 5.26 Å². The van der Waals surface area contributed by atoms with Gasteiger partial charge in [0.25, 0.3) is 0 Å². The fourth-order valence-corrected chi connectivity index (χ4v) is 2.18. The first-order valence-electron chi connectivity index (χ1n) is 7.04. The van der Waals surface area contributed by atoms with Crippen molar-refractivity contribution in [3.63, 3.8) is 0 Å². The molecule has 1 rings (SSSR count). The van der Waals surface area contributed by atoms with E-state index in [9.17, 15) is 15.2 Å². The molecule has 0 radical (unpaired) electrons. The molecule has 118 valence electrons. The van der Waals surface area contributed by atoms with Gasteiger partial charge in [0.2, 0.25) is 0 Å². The molecule has 22 heavy (non-hydrogen) atoms. The van der Waals surface area contributed by atoms with Crippen LogP contribution in [0.25, 0.3) is 0 Å². The van der Waals surface area contributed by atoms with Gasteiger partial charge in [0.15, 0.2) is 0 Å². The molecule has 0 heterocycles. The van der Waals surface area contributed by atoms with Gasteiger partial charge in [-0.05, 0) is 38.5 Å². The summed E-state index contributed by atoms with van der Waals surface area (Å²) in [7, 11) is 0. The van der Waals surface area contributed by atoms with Crippen molar-refractivity contribution in [3.05, 3.63) is 42.5 Å². The van der Waals surface area contributed by atoms with Crippen molar-refractivity contribution >= 4 is 6.09 Å². The number of amides is 1. The lowest BCUT2D eigenvalue weighted by molar-refractivity contribution is 0.0850. The third-order valence-corrected chi connectivity index (χ3v) is 3.11. The second kappa shape index (κ2) is 7.51. The van der Waals surface area contributed by atoms with Gasteiger partial charge in [-0.3, -0.25) is 4.90 Å². The molecule has 1 atom stereocenters. The molecule has 1 aromatic carbocycles. The Hall–Kier alpha value is -2.48. The van der Waals surface area contributed by atoms with Gasteiger partial charge in [-0.15, -0.1) is 0 Å². The zero-order valence-corrected chi connectivity index (χ0v) is 13.2. The van der Waals surface area contributed by atoms with Gasteiger partial charge in [0, 0.05) is 12.0 Å². The van der Waals surface area contributed by atoms with Crippen LogP contribution in [0.1, 0.15) is 26.3 Å². The molecule has 0 saturated heterocycles. The van der Waals surface area contributed by atoms with Crippen LogP contribution < -0.4 is 4.74 Å². The maximum Gasteiger partial charge on any atom is 0.408 e. The van der Waals surface area contributed by atoms with Crippen molar-refractivity contribution in [1.82, 2.24) is 4.90 Å². The molecule has 0 aliphatic heterocycles. The summed E-state index contributed by atoms with van der Waals surface area (Å²) < 4.78 is 5.39. The third kappa shape index (κ3) is 4.81. The molecule has 1 aromatic rings. The van der Waals surface area contributed by atoms with Crippen molar-refractivity contribution in [2.45, 2.75) is 38.8 Å². The fraction of sp³-hybridized carbons (Fsp3) is 0.412. The smallest absolute Gasteiger partial charge is 0.408 e. The SMILES string of the molecule is C=CCOc1ccc(CC(C#N)N(C(=O)O)C(C)(C)C)cc1. The van der Waals surface area contributed by atoms with Gasteiger partial charge in [0.05, 0.1) is 6.07 Å². The number of carboxylic acid groups (broad SMARTS) is 1. The molecule has 0 aromatic heterocycles.